The van der Waals surface area contributed by atoms with Gasteiger partial charge in [0, 0.05) is 11.8 Å². The molecule has 0 aromatic heterocycles. The van der Waals surface area contributed by atoms with Gasteiger partial charge in [0.1, 0.15) is 5.54 Å². The average molecular weight is 258 g/mol. The number of thioether (sulfide) groups is 1. The molecule has 17 heavy (non-hydrogen) atoms. The molecule has 1 heterocycles. The maximum atomic E-state index is 11.8. The lowest BCUT2D eigenvalue weighted by Gasteiger charge is -2.25. The summed E-state index contributed by atoms with van der Waals surface area (Å²) in [4.78, 5) is 23.0. The van der Waals surface area contributed by atoms with Crippen LogP contribution in [0.1, 0.15) is 32.1 Å². The fourth-order valence-electron chi connectivity index (χ4n) is 2.39. The quantitative estimate of drug-likeness (QED) is 0.710. The van der Waals surface area contributed by atoms with E-state index < -0.39 is 11.5 Å². The summed E-state index contributed by atoms with van der Waals surface area (Å²) in [7, 11) is 0. The van der Waals surface area contributed by atoms with Gasteiger partial charge in [0.15, 0.2) is 0 Å². The number of nitrogens with one attached hydrogen (secondary N) is 2. The van der Waals surface area contributed by atoms with Gasteiger partial charge < -0.3 is 15.7 Å². The van der Waals surface area contributed by atoms with Crippen LogP contribution in [0.25, 0.3) is 0 Å². The third-order valence-corrected chi connectivity index (χ3v) is 4.66. The molecule has 1 aliphatic carbocycles. The van der Waals surface area contributed by atoms with E-state index in [0.717, 1.165) is 31.4 Å². The van der Waals surface area contributed by atoms with Crippen molar-refractivity contribution in [3.63, 3.8) is 0 Å². The fourth-order valence-corrected chi connectivity index (χ4v) is 3.72. The maximum absolute atomic E-state index is 11.8. The van der Waals surface area contributed by atoms with E-state index in [4.69, 9.17) is 0 Å². The molecule has 5 nitrogen and oxygen atoms in total. The molecule has 6 heteroatoms. The molecule has 1 saturated carbocycles. The number of carboxylic acid groups (broad SMARTS) is 1. The second kappa shape index (κ2) is 5.16. The van der Waals surface area contributed by atoms with Crippen molar-refractivity contribution in [2.24, 2.45) is 0 Å². The number of urea groups is 1. The Morgan fingerprint density at radius 2 is 2.00 bits per heavy atom. The van der Waals surface area contributed by atoms with Crippen LogP contribution in [0.4, 0.5) is 4.79 Å². The SMILES string of the molecule is O=C(NC1CCCC1)NC1(C(=O)O)CCSC1. The number of carboxylic acids is 1. The van der Waals surface area contributed by atoms with E-state index in [-0.39, 0.29) is 12.1 Å². The van der Waals surface area contributed by atoms with Gasteiger partial charge >= 0.3 is 12.0 Å². The van der Waals surface area contributed by atoms with Crippen LogP contribution in [0.2, 0.25) is 0 Å². The van der Waals surface area contributed by atoms with Crippen molar-refractivity contribution in [3.8, 4) is 0 Å². The number of hydrogen-bond acceptors (Lipinski definition) is 3. The van der Waals surface area contributed by atoms with E-state index >= 15 is 0 Å². The Balaban J connectivity index is 1.89. The van der Waals surface area contributed by atoms with Crippen molar-refractivity contribution < 1.29 is 14.7 Å². The van der Waals surface area contributed by atoms with Gasteiger partial charge in [-0.15, -0.1) is 0 Å². The van der Waals surface area contributed by atoms with Gasteiger partial charge in [-0.1, -0.05) is 12.8 Å². The van der Waals surface area contributed by atoms with Crippen molar-refractivity contribution >= 4 is 23.8 Å². The lowest BCUT2D eigenvalue weighted by atomic mass is 10.00. The topological polar surface area (TPSA) is 78.4 Å². The van der Waals surface area contributed by atoms with Crippen LogP contribution >= 0.6 is 11.8 Å². The lowest BCUT2D eigenvalue weighted by molar-refractivity contribution is -0.143. The van der Waals surface area contributed by atoms with E-state index in [2.05, 4.69) is 10.6 Å². The first kappa shape index (κ1) is 12.5. The fraction of sp³-hybridized carbons (Fsp3) is 0.818. The number of rotatable bonds is 3. The molecule has 0 spiro atoms. The van der Waals surface area contributed by atoms with E-state index in [1.54, 1.807) is 11.8 Å². The zero-order chi connectivity index (χ0) is 12.3. The first-order valence-electron chi connectivity index (χ1n) is 6.02. The van der Waals surface area contributed by atoms with Gasteiger partial charge in [-0.05, 0) is 25.0 Å². The molecule has 1 aliphatic heterocycles. The molecular weight excluding hydrogens is 240 g/mol. The molecule has 0 aromatic carbocycles. The summed E-state index contributed by atoms with van der Waals surface area (Å²) in [5.41, 5.74) is -1.06. The van der Waals surface area contributed by atoms with Crippen molar-refractivity contribution in [2.45, 2.75) is 43.7 Å². The molecule has 2 amide bonds. The average Bonchev–Trinajstić information content (AvgIpc) is 2.89. The van der Waals surface area contributed by atoms with Crippen molar-refractivity contribution in [1.82, 2.24) is 10.6 Å². The van der Waals surface area contributed by atoms with Crippen LogP contribution in [-0.2, 0) is 4.79 Å². The third kappa shape index (κ3) is 2.86. The number of carbonyl (C=O) groups is 2. The zero-order valence-electron chi connectivity index (χ0n) is 9.70. The van der Waals surface area contributed by atoms with Gasteiger partial charge in [0.2, 0.25) is 0 Å². The molecule has 1 atom stereocenters. The summed E-state index contributed by atoms with van der Waals surface area (Å²) in [6.07, 6.45) is 4.80. The molecule has 2 fully saturated rings. The van der Waals surface area contributed by atoms with Crippen LogP contribution in [0.15, 0.2) is 0 Å². The first-order chi connectivity index (χ1) is 8.12. The smallest absolute Gasteiger partial charge is 0.330 e. The lowest BCUT2D eigenvalue weighted by Crippen LogP contribution is -2.58. The van der Waals surface area contributed by atoms with Crippen LogP contribution < -0.4 is 10.6 Å². The summed E-state index contributed by atoms with van der Waals surface area (Å²) in [5, 5.41) is 14.7. The van der Waals surface area contributed by atoms with Gasteiger partial charge in [-0.25, -0.2) is 9.59 Å². The summed E-state index contributed by atoms with van der Waals surface area (Å²) < 4.78 is 0. The first-order valence-corrected chi connectivity index (χ1v) is 7.18. The zero-order valence-corrected chi connectivity index (χ0v) is 10.5. The number of amides is 2. The number of aliphatic carboxylic acids is 1. The maximum Gasteiger partial charge on any atom is 0.330 e. The summed E-state index contributed by atoms with van der Waals surface area (Å²) in [6.45, 7) is 0. The van der Waals surface area contributed by atoms with Crippen molar-refractivity contribution in [3.05, 3.63) is 0 Å². The normalized spacial score (nSPS) is 29.2. The van der Waals surface area contributed by atoms with Gasteiger partial charge in [0.05, 0.1) is 0 Å². The third-order valence-electron chi connectivity index (χ3n) is 3.47. The van der Waals surface area contributed by atoms with Crippen LogP contribution in [-0.4, -0.2) is 40.2 Å². The van der Waals surface area contributed by atoms with Crippen molar-refractivity contribution in [2.75, 3.05) is 11.5 Å². The molecular formula is C11H18N2O3S. The minimum Gasteiger partial charge on any atom is -0.479 e. The van der Waals surface area contributed by atoms with Gasteiger partial charge in [-0.3, -0.25) is 0 Å². The van der Waals surface area contributed by atoms with E-state index in [1.165, 1.54) is 0 Å². The molecule has 96 valence electrons. The summed E-state index contributed by atoms with van der Waals surface area (Å²) in [6, 6.07) is -0.114. The van der Waals surface area contributed by atoms with Gasteiger partial charge in [0.25, 0.3) is 0 Å². The molecule has 0 aromatic rings. The highest BCUT2D eigenvalue weighted by atomic mass is 32.2. The van der Waals surface area contributed by atoms with Crippen molar-refractivity contribution in [1.29, 1.82) is 0 Å². The predicted octanol–water partition coefficient (Wildman–Crippen LogP) is 1.19. The number of hydrogen-bond donors (Lipinski definition) is 3. The van der Waals surface area contributed by atoms with E-state index in [9.17, 15) is 14.7 Å². The Bertz CT molecular complexity index is 310. The summed E-state index contributed by atoms with van der Waals surface area (Å²) >= 11 is 1.57. The Morgan fingerprint density at radius 3 is 2.53 bits per heavy atom. The Labute approximate surface area is 105 Å². The highest BCUT2D eigenvalue weighted by Gasteiger charge is 2.43. The standard InChI is InChI=1S/C11H18N2O3S/c14-9(15)11(5-6-17-7-11)13-10(16)12-8-3-1-2-4-8/h8H,1-7H2,(H,14,15)(H2,12,13,16). The Morgan fingerprint density at radius 1 is 1.29 bits per heavy atom. The minimum absolute atomic E-state index is 0.218. The minimum atomic E-state index is -1.06. The molecule has 0 bridgehead atoms. The second-order valence-corrected chi connectivity index (χ2v) is 5.87. The largest absolute Gasteiger partial charge is 0.479 e. The highest BCUT2D eigenvalue weighted by Crippen LogP contribution is 2.28. The summed E-state index contributed by atoms with van der Waals surface area (Å²) in [5.74, 6) is 0.320. The highest BCUT2D eigenvalue weighted by molar-refractivity contribution is 7.99. The van der Waals surface area contributed by atoms with Crippen LogP contribution in [0, 0.1) is 0 Å². The molecule has 3 N–H and O–H groups in total. The molecule has 1 unspecified atom stereocenters. The molecule has 2 aliphatic rings. The Kier molecular flexibility index (Phi) is 3.81. The molecule has 1 saturated heterocycles. The van der Waals surface area contributed by atoms with Crippen LogP contribution in [0.5, 0.6) is 0 Å². The predicted molar refractivity (Wildman–Crippen MR) is 66.2 cm³/mol. The van der Waals surface area contributed by atoms with E-state index in [0.29, 0.717) is 12.2 Å². The molecule has 0 radical (unpaired) electrons. The Hall–Kier alpha value is -0.910. The van der Waals surface area contributed by atoms with Gasteiger partial charge in [-0.2, -0.15) is 11.8 Å². The van der Waals surface area contributed by atoms with E-state index in [1.807, 2.05) is 0 Å². The second-order valence-electron chi connectivity index (χ2n) is 4.77. The monoisotopic (exact) mass is 258 g/mol. The van der Waals surface area contributed by atoms with Crippen LogP contribution in [0.3, 0.4) is 0 Å². The molecule has 2 rings (SSSR count). The number of carbonyl (C=O) groups excluding carboxylic acids is 1.